The van der Waals surface area contributed by atoms with Crippen LogP contribution < -0.4 is 10.1 Å². The summed E-state index contributed by atoms with van der Waals surface area (Å²) in [6.45, 7) is 7.29. The van der Waals surface area contributed by atoms with E-state index in [9.17, 15) is 5.11 Å². The largest absolute Gasteiger partial charge is 0.492 e. The van der Waals surface area contributed by atoms with Gasteiger partial charge in [0.05, 0.1) is 17.2 Å². The number of hydrogen-bond acceptors (Lipinski definition) is 3. The normalized spacial score (nSPS) is 11.6. The third kappa shape index (κ3) is 5.39. The second-order valence-corrected chi connectivity index (χ2v) is 5.02. The van der Waals surface area contributed by atoms with Crippen molar-refractivity contribution in [2.24, 2.45) is 0 Å². The Morgan fingerprint density at radius 2 is 2.12 bits per heavy atom. The van der Waals surface area contributed by atoms with E-state index in [1.807, 2.05) is 25.1 Å². The van der Waals surface area contributed by atoms with Gasteiger partial charge in [-0.05, 0) is 38.5 Å². The molecular formula is C13H20ClNO2. The Balaban J connectivity index is 2.53. The smallest absolute Gasteiger partial charge is 0.137 e. The molecule has 0 radical (unpaired) electrons. The highest BCUT2D eigenvalue weighted by Crippen LogP contribution is 2.25. The molecule has 2 N–H and O–H groups in total. The Morgan fingerprint density at radius 3 is 2.65 bits per heavy atom. The first-order chi connectivity index (χ1) is 7.92. The number of halogens is 1. The minimum atomic E-state index is -0.699. The maximum absolute atomic E-state index is 9.56. The number of hydrogen-bond donors (Lipinski definition) is 2. The maximum atomic E-state index is 9.56. The third-order valence-electron chi connectivity index (χ3n) is 2.18. The lowest BCUT2D eigenvalue weighted by Gasteiger charge is -2.17. The molecule has 0 spiro atoms. The van der Waals surface area contributed by atoms with Crippen molar-refractivity contribution in [1.82, 2.24) is 5.32 Å². The Morgan fingerprint density at radius 1 is 1.41 bits per heavy atom. The number of nitrogens with one attached hydrogen (secondary N) is 1. The molecule has 3 nitrogen and oxygen atoms in total. The lowest BCUT2D eigenvalue weighted by molar-refractivity contribution is 0.0795. The zero-order chi connectivity index (χ0) is 12.9. The molecule has 0 aliphatic carbocycles. The van der Waals surface area contributed by atoms with Gasteiger partial charge in [-0.2, -0.15) is 0 Å². The molecule has 1 aromatic rings. The van der Waals surface area contributed by atoms with Crippen molar-refractivity contribution >= 4 is 11.6 Å². The summed E-state index contributed by atoms with van der Waals surface area (Å²) in [5, 5.41) is 13.3. The van der Waals surface area contributed by atoms with Crippen LogP contribution in [0.25, 0.3) is 0 Å². The molecule has 0 saturated heterocycles. The molecule has 0 bridgehead atoms. The van der Waals surface area contributed by atoms with Gasteiger partial charge in [-0.3, -0.25) is 0 Å². The molecule has 0 aliphatic heterocycles. The molecular weight excluding hydrogens is 238 g/mol. The van der Waals surface area contributed by atoms with Gasteiger partial charge in [0, 0.05) is 13.1 Å². The lowest BCUT2D eigenvalue weighted by Crippen LogP contribution is -2.34. The topological polar surface area (TPSA) is 41.5 Å². The van der Waals surface area contributed by atoms with Crippen molar-refractivity contribution in [1.29, 1.82) is 0 Å². The highest BCUT2D eigenvalue weighted by atomic mass is 35.5. The van der Waals surface area contributed by atoms with Crippen LogP contribution in [0, 0.1) is 0 Å². The first-order valence-corrected chi connectivity index (χ1v) is 6.14. The molecule has 1 aromatic carbocycles. The van der Waals surface area contributed by atoms with E-state index in [-0.39, 0.29) is 0 Å². The van der Waals surface area contributed by atoms with Gasteiger partial charge in [-0.15, -0.1) is 0 Å². The van der Waals surface area contributed by atoms with Crippen molar-refractivity contribution in [3.05, 3.63) is 28.8 Å². The minimum absolute atomic E-state index is 0.540. The number of benzene rings is 1. The molecule has 0 heterocycles. The van der Waals surface area contributed by atoms with E-state index in [0.717, 1.165) is 5.56 Å². The van der Waals surface area contributed by atoms with E-state index in [1.54, 1.807) is 13.8 Å². The van der Waals surface area contributed by atoms with Gasteiger partial charge < -0.3 is 15.2 Å². The monoisotopic (exact) mass is 257 g/mol. The summed E-state index contributed by atoms with van der Waals surface area (Å²) in [6, 6.07) is 5.71. The first kappa shape index (κ1) is 14.3. The molecule has 1 rings (SSSR count). The predicted molar refractivity (Wildman–Crippen MR) is 70.6 cm³/mol. The summed E-state index contributed by atoms with van der Waals surface area (Å²) in [7, 11) is 0. The second kappa shape index (κ2) is 6.24. The van der Waals surface area contributed by atoms with E-state index in [2.05, 4.69) is 5.32 Å². The van der Waals surface area contributed by atoms with E-state index in [4.69, 9.17) is 16.3 Å². The van der Waals surface area contributed by atoms with Crippen LogP contribution in [0.5, 0.6) is 5.75 Å². The van der Waals surface area contributed by atoms with Crippen LogP contribution in [0.3, 0.4) is 0 Å². The predicted octanol–water partition coefficient (Wildman–Crippen LogP) is 2.60. The SMILES string of the molecule is CCOc1ccc(CNCC(C)(C)O)cc1Cl. The van der Waals surface area contributed by atoms with Crippen molar-refractivity contribution in [3.8, 4) is 5.75 Å². The van der Waals surface area contributed by atoms with Gasteiger partial charge in [-0.1, -0.05) is 17.7 Å². The van der Waals surface area contributed by atoms with Crippen LogP contribution in [-0.2, 0) is 6.54 Å². The van der Waals surface area contributed by atoms with Crippen LogP contribution >= 0.6 is 11.6 Å². The van der Waals surface area contributed by atoms with Gasteiger partial charge in [0.2, 0.25) is 0 Å². The van der Waals surface area contributed by atoms with Crippen LogP contribution in [0.2, 0.25) is 5.02 Å². The Bertz CT molecular complexity index is 361. The zero-order valence-electron chi connectivity index (χ0n) is 10.6. The van der Waals surface area contributed by atoms with Gasteiger partial charge >= 0.3 is 0 Å². The maximum Gasteiger partial charge on any atom is 0.137 e. The molecule has 0 aromatic heterocycles. The number of rotatable bonds is 6. The quantitative estimate of drug-likeness (QED) is 0.823. The highest BCUT2D eigenvalue weighted by molar-refractivity contribution is 6.32. The van der Waals surface area contributed by atoms with Crippen LogP contribution in [0.15, 0.2) is 18.2 Å². The summed E-state index contributed by atoms with van der Waals surface area (Å²) >= 11 is 6.07. The van der Waals surface area contributed by atoms with Crippen LogP contribution in [0.4, 0.5) is 0 Å². The molecule has 0 saturated carbocycles. The van der Waals surface area contributed by atoms with Gasteiger partial charge in [0.15, 0.2) is 0 Å². The standard InChI is InChI=1S/C13H20ClNO2/c1-4-17-12-6-5-10(7-11(12)14)8-15-9-13(2,3)16/h5-7,15-16H,4,8-9H2,1-3H3. The molecule has 0 aliphatic rings. The van der Waals surface area contributed by atoms with Crippen molar-refractivity contribution in [2.45, 2.75) is 32.9 Å². The fourth-order valence-electron chi connectivity index (χ4n) is 1.44. The van der Waals surface area contributed by atoms with E-state index in [0.29, 0.717) is 30.5 Å². The molecule has 4 heteroatoms. The number of aliphatic hydroxyl groups is 1. The zero-order valence-corrected chi connectivity index (χ0v) is 11.3. The Labute approximate surface area is 108 Å². The van der Waals surface area contributed by atoms with E-state index in [1.165, 1.54) is 0 Å². The van der Waals surface area contributed by atoms with E-state index < -0.39 is 5.60 Å². The lowest BCUT2D eigenvalue weighted by atomic mass is 10.1. The highest BCUT2D eigenvalue weighted by Gasteiger charge is 2.11. The fraction of sp³-hybridized carbons (Fsp3) is 0.538. The minimum Gasteiger partial charge on any atom is -0.492 e. The molecule has 17 heavy (non-hydrogen) atoms. The van der Waals surface area contributed by atoms with Crippen molar-refractivity contribution in [3.63, 3.8) is 0 Å². The number of ether oxygens (including phenoxy) is 1. The summed E-state index contributed by atoms with van der Waals surface area (Å²) in [5.41, 5.74) is 0.373. The third-order valence-corrected chi connectivity index (χ3v) is 2.48. The summed E-state index contributed by atoms with van der Waals surface area (Å²) in [4.78, 5) is 0. The first-order valence-electron chi connectivity index (χ1n) is 5.76. The van der Waals surface area contributed by atoms with Crippen molar-refractivity contribution in [2.75, 3.05) is 13.2 Å². The summed E-state index contributed by atoms with van der Waals surface area (Å²) in [5.74, 6) is 0.709. The Hall–Kier alpha value is -0.770. The second-order valence-electron chi connectivity index (χ2n) is 4.61. The molecule has 0 atom stereocenters. The van der Waals surface area contributed by atoms with Crippen molar-refractivity contribution < 1.29 is 9.84 Å². The van der Waals surface area contributed by atoms with Gasteiger partial charge in [-0.25, -0.2) is 0 Å². The molecule has 0 amide bonds. The Kier molecular flexibility index (Phi) is 5.25. The molecule has 0 unspecified atom stereocenters. The fourth-order valence-corrected chi connectivity index (χ4v) is 1.70. The summed E-state index contributed by atoms with van der Waals surface area (Å²) in [6.07, 6.45) is 0. The average Bonchev–Trinajstić information content (AvgIpc) is 2.20. The molecule has 96 valence electrons. The van der Waals surface area contributed by atoms with Gasteiger partial charge in [0.1, 0.15) is 5.75 Å². The average molecular weight is 258 g/mol. The molecule has 0 fully saturated rings. The van der Waals surface area contributed by atoms with Crippen LogP contribution in [-0.4, -0.2) is 23.9 Å². The summed E-state index contributed by atoms with van der Waals surface area (Å²) < 4.78 is 5.36. The van der Waals surface area contributed by atoms with E-state index >= 15 is 0 Å². The van der Waals surface area contributed by atoms with Crippen LogP contribution in [0.1, 0.15) is 26.3 Å². The van der Waals surface area contributed by atoms with Gasteiger partial charge in [0.25, 0.3) is 0 Å².